The molecule has 1 aromatic carbocycles. The molecule has 1 aromatic heterocycles. The maximum atomic E-state index is 12.8. The molecule has 1 saturated heterocycles. The van der Waals surface area contributed by atoms with Crippen LogP contribution in [0.4, 0.5) is 0 Å². The average Bonchev–Trinajstić information content (AvgIpc) is 2.95. The number of benzene rings is 1. The van der Waals surface area contributed by atoms with E-state index in [1.807, 2.05) is 19.9 Å². The third kappa shape index (κ3) is 3.68. The molecule has 1 N–H and O–H groups in total. The summed E-state index contributed by atoms with van der Waals surface area (Å²) in [6.45, 7) is 12.2. The Hall–Kier alpha value is -2.99. The Bertz CT molecular complexity index is 1060. The van der Waals surface area contributed by atoms with Crippen LogP contribution in [0.2, 0.25) is 0 Å². The standard InChI is InChI=1S/C23H25N3O2S/c1-6-11-25-22(28)19(21(27)24-23(25)29)13-18-12-15(4)26(16(18)5)20-14(3)9-8-10-17(20)7-2/h6,8-10,12-13H,1,7,11H2,2-5H3,(H,24,27,29)/b19-13-. The van der Waals surface area contributed by atoms with Crippen LogP contribution in [0.15, 0.2) is 42.5 Å². The second kappa shape index (κ2) is 8.17. The largest absolute Gasteiger partial charge is 0.317 e. The van der Waals surface area contributed by atoms with Crippen molar-refractivity contribution < 1.29 is 9.59 Å². The lowest BCUT2D eigenvalue weighted by Crippen LogP contribution is -2.53. The summed E-state index contributed by atoms with van der Waals surface area (Å²) < 4.78 is 2.19. The highest BCUT2D eigenvalue weighted by Gasteiger charge is 2.33. The molecule has 3 rings (SSSR count). The summed E-state index contributed by atoms with van der Waals surface area (Å²) in [5, 5.41) is 2.70. The van der Waals surface area contributed by atoms with Crippen LogP contribution in [0.5, 0.6) is 0 Å². The molecule has 2 heterocycles. The molecule has 0 spiro atoms. The normalized spacial score (nSPS) is 15.8. The number of amides is 2. The predicted octanol–water partition coefficient (Wildman–Crippen LogP) is 3.78. The fourth-order valence-corrected chi connectivity index (χ4v) is 4.00. The number of aromatic nitrogens is 1. The first-order chi connectivity index (χ1) is 13.8. The number of thiocarbonyl (C=S) groups is 1. The second-order valence-corrected chi connectivity index (χ2v) is 7.51. The van der Waals surface area contributed by atoms with Gasteiger partial charge in [0.1, 0.15) is 5.57 Å². The molecule has 0 unspecified atom stereocenters. The smallest absolute Gasteiger partial charge is 0.265 e. The van der Waals surface area contributed by atoms with Crippen LogP contribution in [0.1, 0.15) is 35.0 Å². The number of hydrogen-bond donors (Lipinski definition) is 1. The van der Waals surface area contributed by atoms with Crippen molar-refractivity contribution in [1.82, 2.24) is 14.8 Å². The van der Waals surface area contributed by atoms with E-state index in [1.54, 1.807) is 12.2 Å². The highest BCUT2D eigenvalue weighted by molar-refractivity contribution is 7.80. The zero-order valence-electron chi connectivity index (χ0n) is 17.2. The van der Waals surface area contributed by atoms with Crippen molar-refractivity contribution in [2.24, 2.45) is 0 Å². The van der Waals surface area contributed by atoms with Gasteiger partial charge in [0.2, 0.25) is 0 Å². The fraction of sp³-hybridized carbons (Fsp3) is 0.261. The van der Waals surface area contributed by atoms with E-state index in [4.69, 9.17) is 12.2 Å². The summed E-state index contributed by atoms with van der Waals surface area (Å²) in [7, 11) is 0. The molecule has 0 aliphatic carbocycles. The first-order valence-corrected chi connectivity index (χ1v) is 9.98. The molecular formula is C23H25N3O2S. The molecule has 0 atom stereocenters. The number of para-hydroxylation sites is 1. The first kappa shape index (κ1) is 20.7. The predicted molar refractivity (Wildman–Crippen MR) is 120 cm³/mol. The van der Waals surface area contributed by atoms with E-state index in [9.17, 15) is 9.59 Å². The highest BCUT2D eigenvalue weighted by Crippen LogP contribution is 2.28. The van der Waals surface area contributed by atoms with Gasteiger partial charge in [0.05, 0.1) is 5.69 Å². The van der Waals surface area contributed by atoms with Crippen LogP contribution in [0, 0.1) is 20.8 Å². The molecule has 6 heteroatoms. The Balaban J connectivity index is 2.12. The molecule has 2 aromatic rings. The van der Waals surface area contributed by atoms with Crippen LogP contribution < -0.4 is 5.32 Å². The van der Waals surface area contributed by atoms with E-state index in [2.05, 4.69) is 48.5 Å². The van der Waals surface area contributed by atoms with Crippen molar-refractivity contribution in [3.05, 3.63) is 70.6 Å². The quantitative estimate of drug-likeness (QED) is 0.355. The average molecular weight is 408 g/mol. The van der Waals surface area contributed by atoms with E-state index >= 15 is 0 Å². The Labute approximate surface area is 176 Å². The monoisotopic (exact) mass is 407 g/mol. The number of carbonyl (C=O) groups excluding carboxylic acids is 2. The molecule has 29 heavy (non-hydrogen) atoms. The van der Waals surface area contributed by atoms with Crippen LogP contribution in [0.25, 0.3) is 11.8 Å². The van der Waals surface area contributed by atoms with Gasteiger partial charge >= 0.3 is 0 Å². The van der Waals surface area contributed by atoms with Gasteiger partial charge in [-0.3, -0.25) is 19.8 Å². The molecule has 5 nitrogen and oxygen atoms in total. The van der Waals surface area contributed by atoms with Crippen LogP contribution in [-0.4, -0.2) is 32.9 Å². The van der Waals surface area contributed by atoms with Gasteiger partial charge in [0.15, 0.2) is 5.11 Å². The van der Waals surface area contributed by atoms with Gasteiger partial charge in [-0.2, -0.15) is 0 Å². The van der Waals surface area contributed by atoms with Gasteiger partial charge in [-0.15, -0.1) is 6.58 Å². The van der Waals surface area contributed by atoms with Crippen molar-refractivity contribution in [3.8, 4) is 5.69 Å². The maximum absolute atomic E-state index is 12.8. The minimum atomic E-state index is -0.477. The van der Waals surface area contributed by atoms with Crippen LogP contribution in [0.3, 0.4) is 0 Å². The zero-order valence-corrected chi connectivity index (χ0v) is 18.0. The van der Waals surface area contributed by atoms with Crippen molar-refractivity contribution in [2.75, 3.05) is 6.54 Å². The van der Waals surface area contributed by atoms with E-state index in [-0.39, 0.29) is 17.2 Å². The first-order valence-electron chi connectivity index (χ1n) is 9.57. The van der Waals surface area contributed by atoms with Crippen molar-refractivity contribution in [3.63, 3.8) is 0 Å². The molecule has 0 saturated carbocycles. The lowest BCUT2D eigenvalue weighted by atomic mass is 10.0. The number of rotatable bonds is 5. The van der Waals surface area contributed by atoms with E-state index in [0.29, 0.717) is 0 Å². The highest BCUT2D eigenvalue weighted by atomic mass is 32.1. The number of nitrogens with zero attached hydrogens (tertiary/aromatic N) is 2. The second-order valence-electron chi connectivity index (χ2n) is 7.12. The van der Waals surface area contributed by atoms with Gasteiger partial charge in [0, 0.05) is 17.9 Å². The summed E-state index contributed by atoms with van der Waals surface area (Å²) >= 11 is 5.11. The van der Waals surface area contributed by atoms with Gasteiger partial charge in [0.25, 0.3) is 11.8 Å². The van der Waals surface area contributed by atoms with E-state index in [0.717, 1.165) is 29.1 Å². The van der Waals surface area contributed by atoms with Crippen molar-refractivity contribution >= 4 is 35.2 Å². The molecule has 2 amide bonds. The maximum Gasteiger partial charge on any atom is 0.265 e. The summed E-state index contributed by atoms with van der Waals surface area (Å²) in [4.78, 5) is 26.6. The summed E-state index contributed by atoms with van der Waals surface area (Å²) in [6, 6.07) is 8.29. The van der Waals surface area contributed by atoms with Crippen molar-refractivity contribution in [2.45, 2.75) is 34.1 Å². The Morgan fingerprint density at radius 1 is 1.21 bits per heavy atom. The van der Waals surface area contributed by atoms with Crippen LogP contribution >= 0.6 is 12.2 Å². The third-order valence-corrected chi connectivity index (χ3v) is 5.52. The Morgan fingerprint density at radius 2 is 1.93 bits per heavy atom. The Kier molecular flexibility index (Phi) is 5.84. The molecule has 0 bridgehead atoms. The van der Waals surface area contributed by atoms with Gasteiger partial charge in [-0.1, -0.05) is 31.2 Å². The summed E-state index contributed by atoms with van der Waals surface area (Å²) in [5.74, 6) is -0.885. The third-order valence-electron chi connectivity index (χ3n) is 5.19. The van der Waals surface area contributed by atoms with Gasteiger partial charge in [-0.25, -0.2) is 0 Å². The molecule has 1 aliphatic rings. The van der Waals surface area contributed by atoms with E-state index < -0.39 is 11.8 Å². The summed E-state index contributed by atoms with van der Waals surface area (Å²) in [5.41, 5.74) is 6.50. The topological polar surface area (TPSA) is 54.3 Å². The molecule has 0 radical (unpaired) electrons. The van der Waals surface area contributed by atoms with Crippen LogP contribution in [-0.2, 0) is 16.0 Å². The summed E-state index contributed by atoms with van der Waals surface area (Å²) in [6.07, 6.45) is 4.15. The molecule has 150 valence electrons. The molecular weight excluding hydrogens is 382 g/mol. The lowest BCUT2D eigenvalue weighted by molar-refractivity contribution is -0.128. The fourth-order valence-electron chi connectivity index (χ4n) is 3.75. The van der Waals surface area contributed by atoms with Gasteiger partial charge in [-0.05, 0) is 68.2 Å². The zero-order chi connectivity index (χ0) is 21.3. The molecule has 1 aliphatic heterocycles. The number of hydrogen-bond acceptors (Lipinski definition) is 3. The Morgan fingerprint density at radius 3 is 2.59 bits per heavy atom. The number of carbonyl (C=O) groups is 2. The SMILES string of the molecule is C=CCN1C(=O)/C(=C\c2cc(C)n(-c3c(C)cccc3CC)c2C)C(=O)NC1=S. The van der Waals surface area contributed by atoms with Crippen molar-refractivity contribution in [1.29, 1.82) is 0 Å². The lowest BCUT2D eigenvalue weighted by Gasteiger charge is -2.27. The molecule has 1 fully saturated rings. The minimum absolute atomic E-state index is 0.0706. The van der Waals surface area contributed by atoms with E-state index in [1.165, 1.54) is 16.0 Å². The van der Waals surface area contributed by atoms with Gasteiger partial charge < -0.3 is 4.57 Å². The number of aryl methyl sites for hydroxylation is 3. The number of nitrogens with one attached hydrogen (secondary N) is 1. The minimum Gasteiger partial charge on any atom is -0.317 e.